The van der Waals surface area contributed by atoms with Crippen molar-refractivity contribution in [1.29, 1.82) is 0 Å². The fraction of sp³-hybridized carbons (Fsp3) is 0. The highest BCUT2D eigenvalue weighted by molar-refractivity contribution is 6.30. The topological polar surface area (TPSA) is 57.6 Å². The number of carbonyl (C=O) groups is 2. The minimum Gasteiger partial charge on any atom is -0.507 e. The Morgan fingerprint density at radius 1 is 0.833 bits per heavy atom. The SMILES string of the molecule is O=C1C=CC(=O)N1c1cccc2c(O)cccc12. The van der Waals surface area contributed by atoms with Crippen molar-refractivity contribution in [1.82, 2.24) is 0 Å². The second kappa shape index (κ2) is 3.70. The van der Waals surface area contributed by atoms with Crippen LogP contribution >= 0.6 is 0 Å². The molecule has 88 valence electrons. The summed E-state index contributed by atoms with van der Waals surface area (Å²) in [4.78, 5) is 24.4. The molecule has 0 radical (unpaired) electrons. The molecule has 2 aromatic rings. The lowest BCUT2D eigenvalue weighted by atomic mass is 10.1. The number of imide groups is 1. The average molecular weight is 239 g/mol. The van der Waals surface area contributed by atoms with Crippen molar-refractivity contribution in [2.24, 2.45) is 0 Å². The number of hydrogen-bond donors (Lipinski definition) is 1. The Bertz CT molecular complexity index is 685. The number of anilines is 1. The minimum atomic E-state index is -0.365. The summed E-state index contributed by atoms with van der Waals surface area (Å²) in [5, 5.41) is 11.0. The fourth-order valence-electron chi connectivity index (χ4n) is 2.11. The van der Waals surface area contributed by atoms with E-state index in [0.29, 0.717) is 16.5 Å². The van der Waals surface area contributed by atoms with Gasteiger partial charge in [-0.2, -0.15) is 0 Å². The van der Waals surface area contributed by atoms with E-state index in [4.69, 9.17) is 0 Å². The van der Waals surface area contributed by atoms with Crippen LogP contribution in [-0.4, -0.2) is 16.9 Å². The number of nitrogens with zero attached hydrogens (tertiary/aromatic N) is 1. The monoisotopic (exact) mass is 239 g/mol. The van der Waals surface area contributed by atoms with E-state index in [9.17, 15) is 14.7 Å². The van der Waals surface area contributed by atoms with Crippen LogP contribution in [0.4, 0.5) is 5.69 Å². The molecule has 4 nitrogen and oxygen atoms in total. The van der Waals surface area contributed by atoms with Crippen molar-refractivity contribution < 1.29 is 14.7 Å². The van der Waals surface area contributed by atoms with Gasteiger partial charge in [0.15, 0.2) is 0 Å². The number of phenols is 1. The molecule has 1 N–H and O–H groups in total. The van der Waals surface area contributed by atoms with Crippen molar-refractivity contribution in [2.45, 2.75) is 0 Å². The van der Waals surface area contributed by atoms with Crippen LogP contribution < -0.4 is 4.90 Å². The molecule has 0 saturated heterocycles. The van der Waals surface area contributed by atoms with Crippen molar-refractivity contribution in [2.75, 3.05) is 4.90 Å². The van der Waals surface area contributed by atoms with Crippen molar-refractivity contribution in [3.8, 4) is 5.75 Å². The number of phenolic OH excluding ortho intramolecular Hbond substituents is 1. The van der Waals surface area contributed by atoms with Crippen molar-refractivity contribution in [3.05, 3.63) is 48.6 Å². The molecular formula is C14H9NO3. The summed E-state index contributed by atoms with van der Waals surface area (Å²) in [6.45, 7) is 0. The molecule has 0 aliphatic carbocycles. The van der Waals surface area contributed by atoms with Gasteiger partial charge in [0.25, 0.3) is 11.8 Å². The minimum absolute atomic E-state index is 0.126. The van der Waals surface area contributed by atoms with E-state index in [0.717, 1.165) is 4.90 Å². The van der Waals surface area contributed by atoms with Gasteiger partial charge in [-0.25, -0.2) is 4.90 Å². The largest absolute Gasteiger partial charge is 0.507 e. The Kier molecular flexibility index (Phi) is 2.16. The summed E-state index contributed by atoms with van der Waals surface area (Å²) < 4.78 is 0. The Morgan fingerprint density at radius 3 is 2.17 bits per heavy atom. The molecule has 0 spiro atoms. The summed E-state index contributed by atoms with van der Waals surface area (Å²) in [6, 6.07) is 10.1. The van der Waals surface area contributed by atoms with Gasteiger partial charge in [-0.05, 0) is 12.1 Å². The maximum atomic E-state index is 11.7. The Labute approximate surface area is 103 Å². The van der Waals surface area contributed by atoms with Crippen LogP contribution in [0.3, 0.4) is 0 Å². The molecule has 0 atom stereocenters. The molecule has 0 fully saturated rings. The Hall–Kier alpha value is -2.62. The summed E-state index contributed by atoms with van der Waals surface area (Å²) in [7, 11) is 0. The van der Waals surface area contributed by atoms with Gasteiger partial charge in [0.2, 0.25) is 0 Å². The number of amides is 2. The van der Waals surface area contributed by atoms with Gasteiger partial charge < -0.3 is 5.11 Å². The fourth-order valence-corrected chi connectivity index (χ4v) is 2.11. The second-order valence-corrected chi connectivity index (χ2v) is 3.99. The zero-order valence-electron chi connectivity index (χ0n) is 9.33. The van der Waals surface area contributed by atoms with Crippen LogP contribution in [0, 0.1) is 0 Å². The quantitative estimate of drug-likeness (QED) is 0.774. The lowest BCUT2D eigenvalue weighted by Crippen LogP contribution is -2.29. The van der Waals surface area contributed by atoms with E-state index in [1.54, 1.807) is 36.4 Å². The maximum absolute atomic E-state index is 11.7. The highest BCUT2D eigenvalue weighted by atomic mass is 16.3. The molecule has 0 aromatic heterocycles. The van der Waals surface area contributed by atoms with E-state index in [1.807, 2.05) is 0 Å². The van der Waals surface area contributed by atoms with E-state index in [-0.39, 0.29) is 17.6 Å². The van der Waals surface area contributed by atoms with Crippen LogP contribution in [0.5, 0.6) is 5.75 Å². The van der Waals surface area contributed by atoms with E-state index >= 15 is 0 Å². The zero-order chi connectivity index (χ0) is 12.7. The lowest BCUT2D eigenvalue weighted by Gasteiger charge is -2.16. The second-order valence-electron chi connectivity index (χ2n) is 3.99. The highest BCUT2D eigenvalue weighted by Gasteiger charge is 2.26. The summed E-state index contributed by atoms with van der Waals surface area (Å²) in [5.74, 6) is -0.604. The highest BCUT2D eigenvalue weighted by Crippen LogP contribution is 2.33. The molecule has 0 unspecified atom stereocenters. The van der Waals surface area contributed by atoms with Gasteiger partial charge >= 0.3 is 0 Å². The molecule has 18 heavy (non-hydrogen) atoms. The van der Waals surface area contributed by atoms with E-state index < -0.39 is 0 Å². The molecule has 1 aliphatic heterocycles. The Balaban J connectivity index is 2.28. The lowest BCUT2D eigenvalue weighted by molar-refractivity contribution is -0.119. The number of benzene rings is 2. The molecule has 1 heterocycles. The molecule has 3 rings (SSSR count). The first-order valence-electron chi connectivity index (χ1n) is 5.45. The number of aromatic hydroxyl groups is 1. The van der Waals surface area contributed by atoms with Gasteiger partial charge in [-0.1, -0.05) is 24.3 Å². The molecule has 4 heteroatoms. The number of carbonyl (C=O) groups excluding carboxylic acids is 2. The van der Waals surface area contributed by atoms with Crippen molar-refractivity contribution >= 4 is 28.3 Å². The number of hydrogen-bond acceptors (Lipinski definition) is 3. The van der Waals surface area contributed by atoms with Crippen LogP contribution in [0.2, 0.25) is 0 Å². The molecule has 2 aromatic carbocycles. The molecule has 1 aliphatic rings. The standard InChI is InChI=1S/C14H9NO3/c16-12-6-2-3-9-10(12)4-1-5-11(9)15-13(17)7-8-14(15)18/h1-8,16H. The van der Waals surface area contributed by atoms with E-state index in [1.165, 1.54) is 12.2 Å². The third-order valence-corrected chi connectivity index (χ3v) is 2.93. The van der Waals surface area contributed by atoms with Crippen molar-refractivity contribution in [3.63, 3.8) is 0 Å². The third-order valence-electron chi connectivity index (χ3n) is 2.93. The van der Waals surface area contributed by atoms with Gasteiger partial charge in [0, 0.05) is 22.9 Å². The number of fused-ring (bicyclic) bond motifs is 1. The smallest absolute Gasteiger partial charge is 0.258 e. The third kappa shape index (κ3) is 1.39. The van der Waals surface area contributed by atoms with Gasteiger partial charge in [-0.15, -0.1) is 0 Å². The van der Waals surface area contributed by atoms with Crippen LogP contribution in [-0.2, 0) is 9.59 Å². The first-order valence-corrected chi connectivity index (χ1v) is 5.45. The first kappa shape index (κ1) is 10.5. The number of rotatable bonds is 1. The molecule has 0 saturated carbocycles. The summed E-state index contributed by atoms with van der Waals surface area (Å²) in [5.41, 5.74) is 0.489. The summed E-state index contributed by atoms with van der Waals surface area (Å²) in [6.07, 6.45) is 2.48. The van der Waals surface area contributed by atoms with Crippen LogP contribution in [0.15, 0.2) is 48.6 Å². The molecule has 2 amide bonds. The van der Waals surface area contributed by atoms with E-state index in [2.05, 4.69) is 0 Å². The zero-order valence-corrected chi connectivity index (χ0v) is 9.33. The predicted molar refractivity (Wildman–Crippen MR) is 67.2 cm³/mol. The van der Waals surface area contributed by atoms with Crippen LogP contribution in [0.25, 0.3) is 10.8 Å². The van der Waals surface area contributed by atoms with Crippen LogP contribution in [0.1, 0.15) is 0 Å². The maximum Gasteiger partial charge on any atom is 0.258 e. The normalized spacial score (nSPS) is 14.8. The predicted octanol–water partition coefficient (Wildman–Crippen LogP) is 1.97. The van der Waals surface area contributed by atoms with Gasteiger partial charge in [0.05, 0.1) is 5.69 Å². The summed E-state index contributed by atoms with van der Waals surface area (Å²) >= 11 is 0. The Morgan fingerprint density at radius 2 is 1.44 bits per heavy atom. The molecule has 0 bridgehead atoms. The molecular weight excluding hydrogens is 230 g/mol. The van der Waals surface area contributed by atoms with Gasteiger partial charge in [-0.3, -0.25) is 9.59 Å². The van der Waals surface area contributed by atoms with Gasteiger partial charge in [0.1, 0.15) is 5.75 Å². The first-order chi connectivity index (χ1) is 8.68. The average Bonchev–Trinajstić information content (AvgIpc) is 2.69.